The highest BCUT2D eigenvalue weighted by molar-refractivity contribution is 7.94. The van der Waals surface area contributed by atoms with E-state index in [0.29, 0.717) is 0 Å². The first-order valence-corrected chi connectivity index (χ1v) is 6.61. The van der Waals surface area contributed by atoms with Crippen LogP contribution in [-0.4, -0.2) is 34.9 Å². The zero-order chi connectivity index (χ0) is 9.41. The van der Waals surface area contributed by atoms with Gasteiger partial charge in [-0.2, -0.15) is 8.42 Å². The Bertz CT molecular complexity index is 388. The van der Waals surface area contributed by atoms with Crippen LogP contribution in [0.3, 0.4) is 0 Å². The molecule has 1 rings (SSSR count). The molecule has 0 aliphatic carbocycles. The number of hydrogen-bond donors (Lipinski definition) is 0. The molecule has 0 aromatic rings. The molecule has 1 unspecified atom stereocenters. The minimum atomic E-state index is -3.57. The van der Waals surface area contributed by atoms with Crippen molar-refractivity contribution in [3.05, 3.63) is 11.5 Å². The summed E-state index contributed by atoms with van der Waals surface area (Å²) in [6.07, 6.45) is 1.24. The van der Waals surface area contributed by atoms with Crippen molar-refractivity contribution in [1.29, 1.82) is 0 Å². The van der Waals surface area contributed by atoms with Gasteiger partial charge in [0.25, 0.3) is 10.1 Å². The standard InChI is InChI=1S/C5H8O5S2/c1-11(6,7)10-5-2-3-12(8,9)4-5/h2-3,5H,4H2,1H3. The van der Waals surface area contributed by atoms with Crippen LogP contribution in [0.5, 0.6) is 0 Å². The van der Waals surface area contributed by atoms with Crippen molar-refractivity contribution in [2.45, 2.75) is 6.10 Å². The van der Waals surface area contributed by atoms with Gasteiger partial charge in [0.1, 0.15) is 6.10 Å². The van der Waals surface area contributed by atoms with Crippen molar-refractivity contribution in [1.82, 2.24) is 0 Å². The fourth-order valence-corrected chi connectivity index (χ4v) is 2.66. The predicted molar refractivity (Wildman–Crippen MR) is 42.6 cm³/mol. The van der Waals surface area contributed by atoms with Crippen LogP contribution in [0.1, 0.15) is 0 Å². The lowest BCUT2D eigenvalue weighted by molar-refractivity contribution is 0.282. The van der Waals surface area contributed by atoms with Crippen LogP contribution in [0.25, 0.3) is 0 Å². The van der Waals surface area contributed by atoms with Crippen LogP contribution in [0.2, 0.25) is 0 Å². The van der Waals surface area contributed by atoms with Gasteiger partial charge in [-0.25, -0.2) is 8.42 Å². The SMILES string of the molecule is CS(=O)(=O)OC1C=CS(=O)(=O)C1. The minimum absolute atomic E-state index is 0.292. The van der Waals surface area contributed by atoms with Crippen molar-refractivity contribution >= 4 is 20.0 Å². The molecule has 1 atom stereocenters. The molecule has 0 saturated heterocycles. The summed E-state index contributed by atoms with van der Waals surface area (Å²) in [7, 11) is -6.81. The largest absolute Gasteiger partial charge is 0.264 e. The Morgan fingerprint density at radius 3 is 2.42 bits per heavy atom. The summed E-state index contributed by atoms with van der Waals surface area (Å²) < 4.78 is 47.1. The van der Waals surface area contributed by atoms with Gasteiger partial charge in [0.05, 0.1) is 12.0 Å². The van der Waals surface area contributed by atoms with Gasteiger partial charge in [-0.1, -0.05) is 0 Å². The van der Waals surface area contributed by atoms with E-state index in [1.54, 1.807) is 0 Å². The summed E-state index contributed by atoms with van der Waals surface area (Å²) in [5.41, 5.74) is 0. The van der Waals surface area contributed by atoms with Crippen molar-refractivity contribution in [3.8, 4) is 0 Å². The maximum atomic E-state index is 10.8. The number of sulfone groups is 1. The van der Waals surface area contributed by atoms with E-state index in [-0.39, 0.29) is 5.75 Å². The minimum Gasteiger partial charge on any atom is -0.262 e. The Morgan fingerprint density at radius 2 is 2.08 bits per heavy atom. The zero-order valence-electron chi connectivity index (χ0n) is 6.30. The maximum absolute atomic E-state index is 10.8. The highest BCUT2D eigenvalue weighted by atomic mass is 32.2. The first kappa shape index (κ1) is 9.69. The van der Waals surface area contributed by atoms with Crippen LogP contribution in [0.15, 0.2) is 11.5 Å². The van der Waals surface area contributed by atoms with E-state index in [0.717, 1.165) is 11.7 Å². The third-order valence-electron chi connectivity index (χ3n) is 1.20. The number of hydrogen-bond acceptors (Lipinski definition) is 5. The van der Waals surface area contributed by atoms with Gasteiger partial charge in [-0.05, 0) is 6.08 Å². The van der Waals surface area contributed by atoms with Crippen molar-refractivity contribution in [3.63, 3.8) is 0 Å². The summed E-state index contributed by atoms with van der Waals surface area (Å²) in [6, 6.07) is 0. The monoisotopic (exact) mass is 212 g/mol. The molecule has 1 heterocycles. The van der Waals surface area contributed by atoms with E-state index in [4.69, 9.17) is 0 Å². The highest BCUT2D eigenvalue weighted by Gasteiger charge is 2.25. The second-order valence-electron chi connectivity index (χ2n) is 2.50. The molecule has 1 aliphatic rings. The molecule has 0 spiro atoms. The maximum Gasteiger partial charge on any atom is 0.264 e. The summed E-state index contributed by atoms with van der Waals surface area (Å²) >= 11 is 0. The van der Waals surface area contributed by atoms with Gasteiger partial charge >= 0.3 is 0 Å². The quantitative estimate of drug-likeness (QED) is 0.564. The Hall–Kier alpha value is -0.400. The van der Waals surface area contributed by atoms with Gasteiger partial charge in [-0.3, -0.25) is 4.18 Å². The molecular weight excluding hydrogens is 204 g/mol. The van der Waals surface area contributed by atoms with E-state index < -0.39 is 26.1 Å². The van der Waals surface area contributed by atoms with Gasteiger partial charge in [0.15, 0.2) is 9.84 Å². The van der Waals surface area contributed by atoms with Crippen LogP contribution < -0.4 is 0 Å². The lowest BCUT2D eigenvalue weighted by Crippen LogP contribution is -2.18. The van der Waals surface area contributed by atoms with Crippen molar-refractivity contribution in [2.75, 3.05) is 12.0 Å². The molecular formula is C5H8O5S2. The van der Waals surface area contributed by atoms with Crippen LogP contribution in [0, 0.1) is 0 Å². The molecule has 0 saturated carbocycles. The fourth-order valence-electron chi connectivity index (χ4n) is 0.832. The molecule has 0 aromatic carbocycles. The summed E-state index contributed by atoms with van der Waals surface area (Å²) in [6.45, 7) is 0. The van der Waals surface area contributed by atoms with E-state index in [1.807, 2.05) is 0 Å². The van der Waals surface area contributed by atoms with E-state index in [9.17, 15) is 16.8 Å². The fraction of sp³-hybridized carbons (Fsp3) is 0.600. The molecule has 0 N–H and O–H groups in total. The molecule has 0 radical (unpaired) electrons. The average Bonchev–Trinajstić information content (AvgIpc) is 2.05. The van der Waals surface area contributed by atoms with Crippen LogP contribution >= 0.6 is 0 Å². The van der Waals surface area contributed by atoms with Gasteiger partial charge in [0.2, 0.25) is 0 Å². The molecule has 5 nitrogen and oxygen atoms in total. The lowest BCUT2D eigenvalue weighted by atomic mass is 10.4. The van der Waals surface area contributed by atoms with Crippen molar-refractivity contribution < 1.29 is 21.0 Å². The Balaban J connectivity index is 2.69. The third kappa shape index (κ3) is 2.92. The molecule has 7 heteroatoms. The van der Waals surface area contributed by atoms with Gasteiger partial charge in [-0.15, -0.1) is 0 Å². The normalized spacial score (nSPS) is 27.6. The van der Waals surface area contributed by atoms with Crippen molar-refractivity contribution in [2.24, 2.45) is 0 Å². The van der Waals surface area contributed by atoms with Crippen LogP contribution in [-0.2, 0) is 24.1 Å². The molecule has 12 heavy (non-hydrogen) atoms. The van der Waals surface area contributed by atoms with E-state index in [1.165, 1.54) is 6.08 Å². The van der Waals surface area contributed by atoms with Crippen LogP contribution in [0.4, 0.5) is 0 Å². The molecule has 0 aromatic heterocycles. The summed E-state index contributed by atoms with van der Waals surface area (Å²) in [5, 5.41) is 0.961. The second kappa shape index (κ2) is 2.82. The first-order valence-electron chi connectivity index (χ1n) is 3.08. The zero-order valence-corrected chi connectivity index (χ0v) is 7.93. The van der Waals surface area contributed by atoms with Gasteiger partial charge < -0.3 is 0 Å². The number of rotatable bonds is 2. The smallest absolute Gasteiger partial charge is 0.262 e. The molecule has 0 amide bonds. The Kier molecular flexibility index (Phi) is 2.28. The third-order valence-corrected chi connectivity index (χ3v) is 3.16. The highest BCUT2D eigenvalue weighted by Crippen LogP contribution is 2.12. The summed E-state index contributed by atoms with van der Waals surface area (Å²) in [4.78, 5) is 0. The summed E-state index contributed by atoms with van der Waals surface area (Å²) in [5.74, 6) is -0.292. The molecule has 70 valence electrons. The topological polar surface area (TPSA) is 77.5 Å². The average molecular weight is 212 g/mol. The lowest BCUT2D eigenvalue weighted by Gasteiger charge is -2.04. The molecule has 0 fully saturated rings. The molecule has 1 aliphatic heterocycles. The molecule has 0 bridgehead atoms. The predicted octanol–water partition coefficient (Wildman–Crippen LogP) is -0.727. The Labute approximate surface area is 71.1 Å². The van der Waals surface area contributed by atoms with E-state index in [2.05, 4.69) is 4.18 Å². The first-order chi connectivity index (χ1) is 5.29. The van der Waals surface area contributed by atoms with Gasteiger partial charge in [0, 0.05) is 5.41 Å². The Morgan fingerprint density at radius 1 is 1.50 bits per heavy atom. The van der Waals surface area contributed by atoms with E-state index >= 15 is 0 Å². The second-order valence-corrected chi connectivity index (χ2v) is 6.03.